The van der Waals surface area contributed by atoms with Gasteiger partial charge in [0.15, 0.2) is 11.5 Å². The summed E-state index contributed by atoms with van der Waals surface area (Å²) in [6.07, 6.45) is 2.67. The number of aromatic nitrogens is 4. The zero-order valence-corrected chi connectivity index (χ0v) is 23.4. The number of rotatable bonds is 7. The summed E-state index contributed by atoms with van der Waals surface area (Å²) < 4.78 is 34.5. The van der Waals surface area contributed by atoms with Crippen LogP contribution in [0.2, 0.25) is 5.02 Å². The van der Waals surface area contributed by atoms with E-state index in [0.29, 0.717) is 53.2 Å². The summed E-state index contributed by atoms with van der Waals surface area (Å²) in [6, 6.07) is 14.6. The summed E-state index contributed by atoms with van der Waals surface area (Å²) in [5.41, 5.74) is 6.67. The Morgan fingerprint density at radius 1 is 1.05 bits per heavy atom. The second-order valence-electron chi connectivity index (χ2n) is 9.71. The molecule has 0 saturated carbocycles. The molecule has 1 aliphatic heterocycles. The van der Waals surface area contributed by atoms with Crippen LogP contribution in [0.1, 0.15) is 40.4 Å². The number of nitrogens with zero attached hydrogens (tertiary/aromatic N) is 4. The number of hydrogen-bond acceptors (Lipinski definition) is 7. The highest BCUT2D eigenvalue weighted by Gasteiger charge is 2.34. The van der Waals surface area contributed by atoms with Gasteiger partial charge < -0.3 is 19.9 Å². The zero-order chi connectivity index (χ0) is 29.5. The van der Waals surface area contributed by atoms with E-state index in [-0.39, 0.29) is 22.2 Å². The van der Waals surface area contributed by atoms with E-state index >= 15 is 0 Å². The Labute approximate surface area is 244 Å². The van der Waals surface area contributed by atoms with Crippen molar-refractivity contribution in [3.8, 4) is 28.8 Å². The molecule has 12 heteroatoms. The van der Waals surface area contributed by atoms with Gasteiger partial charge in [-0.05, 0) is 48.7 Å². The highest BCUT2D eigenvalue weighted by atomic mass is 35.5. The van der Waals surface area contributed by atoms with Gasteiger partial charge in [-0.1, -0.05) is 29.8 Å². The predicted octanol–water partition coefficient (Wildman–Crippen LogP) is 5.21. The first-order valence-electron chi connectivity index (χ1n) is 13.1. The van der Waals surface area contributed by atoms with Crippen LogP contribution in [-0.2, 0) is 6.54 Å². The molecule has 0 saturated heterocycles. The van der Waals surface area contributed by atoms with Gasteiger partial charge in [-0.3, -0.25) is 14.3 Å². The third-order valence-electron chi connectivity index (χ3n) is 7.37. The molecule has 5 aromatic rings. The molecule has 2 N–H and O–H groups in total. The van der Waals surface area contributed by atoms with Crippen molar-refractivity contribution in [3.63, 3.8) is 0 Å². The molecule has 10 nitrogen and oxygen atoms in total. The molecule has 1 atom stereocenters. The van der Waals surface area contributed by atoms with Crippen LogP contribution in [0.3, 0.4) is 0 Å². The fourth-order valence-corrected chi connectivity index (χ4v) is 5.73. The number of carbonyl (C=O) groups is 1. The Kier molecular flexibility index (Phi) is 7.03. The molecular weight excluding hydrogens is 565 g/mol. The van der Waals surface area contributed by atoms with Gasteiger partial charge >= 0.3 is 0 Å². The first kappa shape index (κ1) is 27.3. The second-order valence-corrected chi connectivity index (χ2v) is 10.1. The van der Waals surface area contributed by atoms with E-state index in [1.54, 1.807) is 35.0 Å². The molecule has 3 heterocycles. The Hall–Kier alpha value is -4.90. The number of fused-ring (bicyclic) bond motifs is 2. The Balaban J connectivity index is 1.40. The Morgan fingerprint density at radius 3 is 2.52 bits per heavy atom. The monoisotopic (exact) mass is 589 g/mol. The fraction of sp³-hybridized carbons (Fsp3) is 0.200. The van der Waals surface area contributed by atoms with Crippen molar-refractivity contribution in [1.29, 1.82) is 0 Å². The van der Waals surface area contributed by atoms with Gasteiger partial charge in [0.1, 0.15) is 29.1 Å². The largest absolute Gasteiger partial charge is 0.493 e. The van der Waals surface area contributed by atoms with Crippen LogP contribution in [0, 0.1) is 5.82 Å². The highest BCUT2D eigenvalue weighted by Crippen LogP contribution is 2.41. The summed E-state index contributed by atoms with van der Waals surface area (Å²) >= 11 is 6.71. The fourth-order valence-electron chi connectivity index (χ4n) is 5.50. The number of methoxy groups -OCH3 is 2. The number of nitrogens with two attached hydrogens (primary N) is 1. The number of para-hydroxylation sites is 1. The van der Waals surface area contributed by atoms with Gasteiger partial charge in [-0.15, -0.1) is 0 Å². The summed E-state index contributed by atoms with van der Waals surface area (Å²) in [7, 11) is 3.07. The molecule has 2 aromatic heterocycles. The summed E-state index contributed by atoms with van der Waals surface area (Å²) in [6.45, 7) is 0.409. The molecule has 1 aliphatic rings. The van der Waals surface area contributed by atoms with Crippen molar-refractivity contribution < 1.29 is 23.4 Å². The number of carbonyl (C=O) groups excluding carboxylic acids is 1. The van der Waals surface area contributed by atoms with E-state index in [1.165, 1.54) is 43.4 Å². The zero-order valence-electron chi connectivity index (χ0n) is 22.6. The van der Waals surface area contributed by atoms with Crippen molar-refractivity contribution in [1.82, 2.24) is 19.3 Å². The first-order valence-corrected chi connectivity index (χ1v) is 13.4. The molecular formula is C30H25ClFN5O5. The molecule has 214 valence electrons. The van der Waals surface area contributed by atoms with Crippen molar-refractivity contribution in [2.24, 2.45) is 5.73 Å². The normalized spacial score (nSPS) is 14.4. The lowest BCUT2D eigenvalue weighted by Gasteiger charge is -2.27. The molecule has 0 bridgehead atoms. The van der Waals surface area contributed by atoms with Crippen molar-refractivity contribution >= 4 is 28.4 Å². The van der Waals surface area contributed by atoms with Crippen LogP contribution >= 0.6 is 11.6 Å². The van der Waals surface area contributed by atoms with Crippen molar-refractivity contribution in [2.45, 2.75) is 25.3 Å². The van der Waals surface area contributed by atoms with Gasteiger partial charge in [0, 0.05) is 18.5 Å². The van der Waals surface area contributed by atoms with Crippen LogP contribution in [0.15, 0.2) is 65.7 Å². The average molecular weight is 590 g/mol. The molecule has 0 spiro atoms. The topological polar surface area (TPSA) is 123 Å². The van der Waals surface area contributed by atoms with E-state index in [1.807, 2.05) is 6.07 Å². The maximum atomic E-state index is 14.8. The molecule has 0 radical (unpaired) electrons. The average Bonchev–Trinajstić information content (AvgIpc) is 3.29. The number of benzene rings is 3. The Morgan fingerprint density at radius 2 is 1.81 bits per heavy atom. The number of halogens is 2. The number of ether oxygens (including phenoxy) is 3. The van der Waals surface area contributed by atoms with Crippen LogP contribution in [-0.4, -0.2) is 39.5 Å². The summed E-state index contributed by atoms with van der Waals surface area (Å²) in [5, 5.41) is 0.876. The SMILES string of the molecule is COc1cc2ncnc(Oc3ccc(C4CCCn5c4c(C(N)=O)c(=O)n5-c4ccccc4F)cc3Cl)c2cc1OC. The maximum Gasteiger partial charge on any atom is 0.284 e. The molecule has 3 aromatic carbocycles. The van der Waals surface area contributed by atoms with Gasteiger partial charge in [-0.2, -0.15) is 0 Å². The minimum Gasteiger partial charge on any atom is -0.493 e. The van der Waals surface area contributed by atoms with E-state index in [4.69, 9.17) is 31.5 Å². The molecule has 0 fully saturated rings. The Bertz CT molecular complexity index is 1920. The van der Waals surface area contributed by atoms with Crippen LogP contribution in [0.5, 0.6) is 23.1 Å². The molecule has 1 amide bonds. The van der Waals surface area contributed by atoms with E-state index in [2.05, 4.69) is 9.97 Å². The number of hydrogen-bond donors (Lipinski definition) is 1. The molecule has 1 unspecified atom stereocenters. The maximum absolute atomic E-state index is 14.8. The summed E-state index contributed by atoms with van der Waals surface area (Å²) in [4.78, 5) is 34.6. The first-order chi connectivity index (χ1) is 20.3. The third-order valence-corrected chi connectivity index (χ3v) is 7.67. The predicted molar refractivity (Wildman–Crippen MR) is 154 cm³/mol. The molecule has 0 aliphatic carbocycles. The highest BCUT2D eigenvalue weighted by molar-refractivity contribution is 6.32. The van der Waals surface area contributed by atoms with Gasteiger partial charge in [0.2, 0.25) is 5.88 Å². The number of primary amides is 1. The van der Waals surface area contributed by atoms with Gasteiger partial charge in [0.25, 0.3) is 11.5 Å². The van der Waals surface area contributed by atoms with Gasteiger partial charge in [0.05, 0.1) is 35.8 Å². The number of amides is 1. The second kappa shape index (κ2) is 10.8. The molecule has 42 heavy (non-hydrogen) atoms. The standard InChI is InChI=1S/C30H25ClFN5O5/c1-40-24-13-18-21(14-25(24)41-2)34-15-35-29(18)42-23-10-9-16(12-19(23)31)17-6-5-11-36-27(17)26(28(33)38)30(39)37(36)22-8-4-3-7-20(22)32/h3-4,7-10,12-15,17H,5-6,11H2,1-2H3,(H2,33,38). The van der Waals surface area contributed by atoms with Crippen LogP contribution in [0.25, 0.3) is 16.6 Å². The van der Waals surface area contributed by atoms with Gasteiger partial charge in [-0.25, -0.2) is 19.0 Å². The minimum atomic E-state index is -0.875. The lowest BCUT2D eigenvalue weighted by molar-refractivity contribution is 0.0997. The van der Waals surface area contributed by atoms with E-state index < -0.39 is 23.2 Å². The van der Waals surface area contributed by atoms with Crippen LogP contribution in [0.4, 0.5) is 4.39 Å². The van der Waals surface area contributed by atoms with Crippen molar-refractivity contribution in [2.75, 3.05) is 14.2 Å². The van der Waals surface area contributed by atoms with Crippen LogP contribution < -0.4 is 25.5 Å². The van der Waals surface area contributed by atoms with E-state index in [0.717, 1.165) is 5.56 Å². The lowest BCUT2D eigenvalue weighted by Crippen LogP contribution is -2.26. The minimum absolute atomic E-state index is 0.0463. The molecule has 6 rings (SSSR count). The third kappa shape index (κ3) is 4.51. The lowest BCUT2D eigenvalue weighted by atomic mass is 9.87. The van der Waals surface area contributed by atoms with E-state index in [9.17, 15) is 14.0 Å². The summed E-state index contributed by atoms with van der Waals surface area (Å²) in [5.74, 6) is -0.257. The van der Waals surface area contributed by atoms with Crippen molar-refractivity contribution in [3.05, 3.63) is 98.9 Å². The smallest absolute Gasteiger partial charge is 0.284 e. The quantitative estimate of drug-likeness (QED) is 0.276.